The van der Waals surface area contributed by atoms with Gasteiger partial charge in [-0.15, -0.1) is 0 Å². The molecule has 9 heteroatoms. The van der Waals surface area contributed by atoms with Gasteiger partial charge in [-0.3, -0.25) is 20.2 Å². The van der Waals surface area contributed by atoms with Crippen LogP contribution in [0.25, 0.3) is 16.5 Å². The highest BCUT2D eigenvalue weighted by Crippen LogP contribution is 2.38. The molecule has 1 aliphatic rings. The number of amides is 1. The quantitative estimate of drug-likeness (QED) is 0.368. The van der Waals surface area contributed by atoms with Gasteiger partial charge in [0.15, 0.2) is 5.13 Å². The molecule has 0 radical (unpaired) electrons. The van der Waals surface area contributed by atoms with E-state index in [0.29, 0.717) is 11.3 Å². The smallest absolute Gasteiger partial charge is 0.345 e. The predicted molar refractivity (Wildman–Crippen MR) is 110 cm³/mol. The van der Waals surface area contributed by atoms with Crippen molar-refractivity contribution >= 4 is 43.9 Å². The normalized spacial score (nSPS) is 13.9. The number of benzene rings is 1. The lowest BCUT2D eigenvalue weighted by atomic mass is 9.94. The zero-order valence-corrected chi connectivity index (χ0v) is 16.8. The minimum absolute atomic E-state index is 0.127. The zero-order chi connectivity index (χ0) is 20.5. The van der Waals surface area contributed by atoms with E-state index >= 15 is 0 Å². The van der Waals surface area contributed by atoms with Crippen molar-refractivity contribution in [1.82, 2.24) is 4.98 Å². The third kappa shape index (κ3) is 3.73. The summed E-state index contributed by atoms with van der Waals surface area (Å²) in [6, 6.07) is 3.87. The predicted octanol–water partition coefficient (Wildman–Crippen LogP) is 4.73. The summed E-state index contributed by atoms with van der Waals surface area (Å²) in [5.41, 5.74) is 3.54. The molecule has 0 bridgehead atoms. The fraction of sp³-hybridized carbons (Fsp3) is 0.300. The van der Waals surface area contributed by atoms with Crippen LogP contribution in [0.5, 0.6) is 5.75 Å². The van der Waals surface area contributed by atoms with Crippen molar-refractivity contribution in [2.45, 2.75) is 32.6 Å². The molecule has 0 saturated heterocycles. The highest BCUT2D eigenvalue weighted by Gasteiger charge is 2.20. The number of thiazole rings is 1. The molecule has 8 nitrogen and oxygen atoms in total. The highest BCUT2D eigenvalue weighted by molar-refractivity contribution is 7.18. The van der Waals surface area contributed by atoms with E-state index in [1.165, 1.54) is 11.6 Å². The first kappa shape index (κ1) is 19.1. The van der Waals surface area contributed by atoms with E-state index in [4.69, 9.17) is 9.15 Å². The average Bonchev–Trinajstić information content (AvgIpc) is 3.30. The molecule has 0 fully saturated rings. The number of rotatable bonds is 5. The Balaban J connectivity index is 1.64. The van der Waals surface area contributed by atoms with Gasteiger partial charge in [-0.05, 0) is 49.2 Å². The summed E-state index contributed by atoms with van der Waals surface area (Å²) in [6.45, 7) is 1.82. The van der Waals surface area contributed by atoms with Crippen LogP contribution in [-0.2, 0) is 17.6 Å². The second-order valence-electron chi connectivity index (χ2n) is 6.84. The molecular weight excluding hydrogens is 394 g/mol. The fourth-order valence-corrected chi connectivity index (χ4v) is 4.23. The number of methoxy groups -OCH3 is 1. The monoisotopic (exact) mass is 413 g/mol. The van der Waals surface area contributed by atoms with Gasteiger partial charge in [-0.2, -0.15) is 0 Å². The lowest BCUT2D eigenvalue weighted by Crippen LogP contribution is -2.08. The number of nitrogens with zero attached hydrogens (tertiary/aromatic N) is 2. The van der Waals surface area contributed by atoms with Gasteiger partial charge in [0, 0.05) is 35.1 Å². The SMILES string of the molecule is COc1cc2oc3c(c2cc1/C(C)=C/C(=O)Nc1ncc([N+](=O)[O-])s1)CCCC3. The number of ether oxygens (including phenoxy) is 1. The van der Waals surface area contributed by atoms with E-state index in [-0.39, 0.29) is 10.1 Å². The number of carbonyl (C=O) groups excluding carboxylic acids is 1. The highest BCUT2D eigenvalue weighted by atomic mass is 32.1. The van der Waals surface area contributed by atoms with E-state index < -0.39 is 10.8 Å². The third-order valence-corrected chi connectivity index (χ3v) is 5.82. The molecule has 0 atom stereocenters. The van der Waals surface area contributed by atoms with E-state index in [9.17, 15) is 14.9 Å². The van der Waals surface area contributed by atoms with Crippen LogP contribution in [0.15, 0.2) is 28.8 Å². The number of allylic oxidation sites excluding steroid dienone is 1. The Morgan fingerprint density at radius 1 is 1.38 bits per heavy atom. The molecule has 0 saturated carbocycles. The summed E-state index contributed by atoms with van der Waals surface area (Å²) in [5, 5.41) is 14.4. The standard InChI is InChI=1S/C20H19N3O5S/c1-11(7-18(24)22-20-21-10-19(29-20)23(25)26)13-8-14-12-5-3-4-6-15(12)28-17(14)9-16(13)27-2/h7-10H,3-6H2,1-2H3,(H,21,22,24)/b11-7+. The second-order valence-corrected chi connectivity index (χ2v) is 7.85. The number of nitrogens with one attached hydrogen (secondary N) is 1. The van der Waals surface area contributed by atoms with Gasteiger partial charge >= 0.3 is 5.00 Å². The summed E-state index contributed by atoms with van der Waals surface area (Å²) in [4.78, 5) is 26.4. The first-order chi connectivity index (χ1) is 14.0. The summed E-state index contributed by atoms with van der Waals surface area (Å²) in [7, 11) is 1.58. The van der Waals surface area contributed by atoms with Crippen LogP contribution in [0.1, 0.15) is 36.7 Å². The van der Waals surface area contributed by atoms with Crippen LogP contribution in [0.3, 0.4) is 0 Å². The van der Waals surface area contributed by atoms with E-state index in [1.807, 2.05) is 19.1 Å². The van der Waals surface area contributed by atoms with Gasteiger partial charge in [-0.25, -0.2) is 4.98 Å². The number of aromatic nitrogens is 1. The molecule has 3 aromatic rings. The number of fused-ring (bicyclic) bond motifs is 3. The molecule has 0 unspecified atom stereocenters. The number of nitro groups is 1. The van der Waals surface area contributed by atoms with Gasteiger partial charge in [0.1, 0.15) is 23.3 Å². The molecule has 1 aliphatic carbocycles. The Morgan fingerprint density at radius 3 is 2.90 bits per heavy atom. The Kier molecular flexibility index (Phi) is 5.06. The van der Waals surface area contributed by atoms with Crippen molar-refractivity contribution in [2.24, 2.45) is 0 Å². The lowest BCUT2D eigenvalue weighted by Gasteiger charge is -2.11. The van der Waals surface area contributed by atoms with E-state index in [1.54, 1.807) is 7.11 Å². The first-order valence-corrected chi connectivity index (χ1v) is 10.00. The molecule has 0 aliphatic heterocycles. The molecule has 1 aromatic carbocycles. The third-order valence-electron chi connectivity index (χ3n) is 4.95. The first-order valence-electron chi connectivity index (χ1n) is 9.18. The van der Waals surface area contributed by atoms with Crippen LogP contribution in [-0.4, -0.2) is 22.9 Å². The number of furan rings is 1. The Labute approximate surface area is 170 Å². The summed E-state index contributed by atoms with van der Waals surface area (Å²) >= 11 is 0.810. The van der Waals surface area contributed by atoms with Crippen molar-refractivity contribution < 1.29 is 18.9 Å². The molecule has 150 valence electrons. The van der Waals surface area contributed by atoms with Crippen LogP contribution in [0.2, 0.25) is 0 Å². The fourth-order valence-electron chi connectivity index (χ4n) is 3.59. The number of hydrogen-bond donors (Lipinski definition) is 1. The number of anilines is 1. The van der Waals surface area contributed by atoms with Gasteiger partial charge < -0.3 is 9.15 Å². The maximum atomic E-state index is 12.4. The molecule has 1 amide bonds. The largest absolute Gasteiger partial charge is 0.496 e. The lowest BCUT2D eigenvalue weighted by molar-refractivity contribution is -0.380. The average molecular weight is 413 g/mol. The number of hydrogen-bond acceptors (Lipinski definition) is 7. The van der Waals surface area contributed by atoms with Crippen LogP contribution >= 0.6 is 11.3 Å². The maximum absolute atomic E-state index is 12.4. The van der Waals surface area contributed by atoms with Gasteiger partial charge in [0.05, 0.1) is 12.0 Å². The van der Waals surface area contributed by atoms with E-state index in [0.717, 1.165) is 65.5 Å². The molecule has 0 spiro atoms. The van der Waals surface area contributed by atoms with Crippen molar-refractivity contribution in [3.05, 3.63) is 51.4 Å². The van der Waals surface area contributed by atoms with Gasteiger partial charge in [0.2, 0.25) is 5.91 Å². The minimum atomic E-state index is -0.542. The Bertz CT molecular complexity index is 1140. The molecule has 2 heterocycles. The van der Waals surface area contributed by atoms with Gasteiger partial charge in [-0.1, -0.05) is 0 Å². The summed E-state index contributed by atoms with van der Waals surface area (Å²) in [6.07, 6.45) is 6.75. The Morgan fingerprint density at radius 2 is 2.17 bits per heavy atom. The number of carbonyl (C=O) groups is 1. The molecule has 4 rings (SSSR count). The van der Waals surface area contributed by atoms with Crippen molar-refractivity contribution in [3.8, 4) is 5.75 Å². The van der Waals surface area contributed by atoms with Crippen LogP contribution in [0.4, 0.5) is 10.1 Å². The summed E-state index contributed by atoms with van der Waals surface area (Å²) in [5.74, 6) is 1.24. The maximum Gasteiger partial charge on any atom is 0.345 e. The molecule has 1 N–H and O–H groups in total. The Hall–Kier alpha value is -3.20. The summed E-state index contributed by atoms with van der Waals surface area (Å²) < 4.78 is 11.5. The van der Waals surface area contributed by atoms with E-state index in [2.05, 4.69) is 10.3 Å². The van der Waals surface area contributed by atoms with Crippen LogP contribution in [0, 0.1) is 10.1 Å². The van der Waals surface area contributed by atoms with Gasteiger partial charge in [0.25, 0.3) is 0 Å². The van der Waals surface area contributed by atoms with Crippen molar-refractivity contribution in [2.75, 3.05) is 12.4 Å². The van der Waals surface area contributed by atoms with Crippen LogP contribution < -0.4 is 10.1 Å². The van der Waals surface area contributed by atoms with Crippen molar-refractivity contribution in [3.63, 3.8) is 0 Å². The second kappa shape index (κ2) is 7.67. The number of aryl methyl sites for hydroxylation is 2. The molecule has 29 heavy (non-hydrogen) atoms. The molecule has 2 aromatic heterocycles. The minimum Gasteiger partial charge on any atom is -0.496 e. The molecular formula is C20H19N3O5S. The van der Waals surface area contributed by atoms with Crippen molar-refractivity contribution in [1.29, 1.82) is 0 Å². The zero-order valence-electron chi connectivity index (χ0n) is 16.0. The topological polar surface area (TPSA) is 108 Å².